The van der Waals surface area contributed by atoms with Crippen molar-refractivity contribution < 1.29 is 23.1 Å². The quantitative estimate of drug-likeness (QED) is 0.720. The van der Waals surface area contributed by atoms with E-state index in [0.717, 1.165) is 11.3 Å². The van der Waals surface area contributed by atoms with E-state index in [0.29, 0.717) is 4.88 Å². The lowest BCUT2D eigenvalue weighted by atomic mass is 10.3. The first-order valence-corrected chi connectivity index (χ1v) is 8.34. The number of hydrogen-bond acceptors (Lipinski definition) is 6. The van der Waals surface area contributed by atoms with Crippen molar-refractivity contribution in [2.45, 2.75) is 17.1 Å². The van der Waals surface area contributed by atoms with Crippen LogP contribution in [0.1, 0.15) is 11.3 Å². The highest BCUT2D eigenvalue weighted by molar-refractivity contribution is 7.91. The summed E-state index contributed by atoms with van der Waals surface area (Å²) < 4.78 is 31.1. The zero-order chi connectivity index (χ0) is 15.9. The molecule has 0 atom stereocenters. The van der Waals surface area contributed by atoms with Gasteiger partial charge < -0.3 is 9.84 Å². The number of nitrogens with zero attached hydrogens (tertiary/aromatic N) is 2. The minimum absolute atomic E-state index is 0.0767. The number of sulfonamides is 1. The van der Waals surface area contributed by atoms with Gasteiger partial charge in [-0.15, -0.1) is 11.3 Å². The van der Waals surface area contributed by atoms with Crippen LogP contribution in [0.15, 0.2) is 16.3 Å². The SMILES string of the molecule is COCCN(CCC#N)S(=O)(=O)c1ccc(CC(=O)O)s1. The van der Waals surface area contributed by atoms with Crippen LogP contribution < -0.4 is 0 Å². The number of aliphatic carboxylic acids is 1. The molecule has 1 N–H and O–H groups in total. The topological polar surface area (TPSA) is 108 Å². The number of ether oxygens (including phenoxy) is 1. The van der Waals surface area contributed by atoms with Crippen molar-refractivity contribution in [1.82, 2.24) is 4.31 Å². The van der Waals surface area contributed by atoms with E-state index in [2.05, 4.69) is 0 Å². The van der Waals surface area contributed by atoms with Gasteiger partial charge in [-0.05, 0) is 12.1 Å². The Morgan fingerprint density at radius 1 is 1.48 bits per heavy atom. The molecule has 1 aromatic heterocycles. The molecule has 0 saturated carbocycles. The third kappa shape index (κ3) is 5.09. The van der Waals surface area contributed by atoms with E-state index in [4.69, 9.17) is 15.1 Å². The Hall–Kier alpha value is -1.47. The second-order valence-corrected chi connectivity index (χ2v) is 7.43. The maximum atomic E-state index is 12.5. The molecule has 0 aliphatic heterocycles. The molecule has 0 aromatic carbocycles. The Labute approximate surface area is 127 Å². The Morgan fingerprint density at radius 3 is 2.76 bits per heavy atom. The van der Waals surface area contributed by atoms with Gasteiger partial charge in [0.15, 0.2) is 0 Å². The van der Waals surface area contributed by atoms with Gasteiger partial charge in [-0.1, -0.05) is 0 Å². The molecule has 116 valence electrons. The molecule has 0 spiro atoms. The summed E-state index contributed by atoms with van der Waals surface area (Å²) in [5.74, 6) is -1.01. The largest absolute Gasteiger partial charge is 0.481 e. The van der Waals surface area contributed by atoms with Crippen molar-refractivity contribution in [3.63, 3.8) is 0 Å². The standard InChI is InChI=1S/C12H16N2O5S2/c1-19-8-7-14(6-2-5-13)21(17,18)12-4-3-10(20-12)9-11(15)16/h3-4H,2,6-9H2,1H3,(H,15,16). The van der Waals surface area contributed by atoms with Crippen LogP contribution in [0.3, 0.4) is 0 Å². The predicted octanol–water partition coefficient (Wildman–Crippen LogP) is 0.926. The van der Waals surface area contributed by atoms with Gasteiger partial charge in [0.05, 0.1) is 19.1 Å². The number of nitriles is 1. The van der Waals surface area contributed by atoms with Crippen LogP contribution in [0.25, 0.3) is 0 Å². The third-order valence-corrected chi connectivity index (χ3v) is 6.03. The zero-order valence-corrected chi connectivity index (χ0v) is 13.1. The van der Waals surface area contributed by atoms with Crippen LogP contribution in [0.5, 0.6) is 0 Å². The molecule has 9 heteroatoms. The average Bonchev–Trinajstić information content (AvgIpc) is 2.87. The first kappa shape index (κ1) is 17.6. The summed E-state index contributed by atoms with van der Waals surface area (Å²) in [6.45, 7) is 0.444. The molecule has 21 heavy (non-hydrogen) atoms. The minimum atomic E-state index is -3.73. The molecule has 0 aliphatic carbocycles. The number of carboxylic acid groups (broad SMARTS) is 1. The van der Waals surface area contributed by atoms with Crippen LogP contribution in [-0.4, -0.2) is 50.6 Å². The monoisotopic (exact) mass is 332 g/mol. The zero-order valence-electron chi connectivity index (χ0n) is 11.5. The highest BCUT2D eigenvalue weighted by Crippen LogP contribution is 2.25. The fourth-order valence-electron chi connectivity index (χ4n) is 1.59. The van der Waals surface area contributed by atoms with Gasteiger partial charge in [-0.3, -0.25) is 4.79 Å². The summed E-state index contributed by atoms with van der Waals surface area (Å²) in [5, 5.41) is 17.3. The molecular formula is C12H16N2O5S2. The normalized spacial score (nSPS) is 11.5. The van der Waals surface area contributed by atoms with E-state index in [-0.39, 0.29) is 36.7 Å². The van der Waals surface area contributed by atoms with Crippen molar-refractivity contribution in [1.29, 1.82) is 5.26 Å². The second kappa shape index (κ2) is 8.09. The molecule has 0 aliphatic rings. The van der Waals surface area contributed by atoms with Crippen LogP contribution in [0.4, 0.5) is 0 Å². The summed E-state index contributed by atoms with van der Waals surface area (Å²) in [4.78, 5) is 11.1. The van der Waals surface area contributed by atoms with Gasteiger partial charge >= 0.3 is 5.97 Å². The van der Waals surface area contributed by atoms with Crippen molar-refractivity contribution in [2.24, 2.45) is 0 Å². The van der Waals surface area contributed by atoms with Crippen molar-refractivity contribution in [3.05, 3.63) is 17.0 Å². The lowest BCUT2D eigenvalue weighted by Crippen LogP contribution is -2.34. The summed E-state index contributed by atoms with van der Waals surface area (Å²) in [7, 11) is -2.27. The third-order valence-electron chi connectivity index (χ3n) is 2.57. The lowest BCUT2D eigenvalue weighted by Gasteiger charge is -2.19. The van der Waals surface area contributed by atoms with Crippen LogP contribution in [-0.2, 0) is 26.0 Å². The highest BCUT2D eigenvalue weighted by Gasteiger charge is 2.25. The van der Waals surface area contributed by atoms with Crippen molar-refractivity contribution >= 4 is 27.3 Å². The molecule has 7 nitrogen and oxygen atoms in total. The number of rotatable bonds is 9. The van der Waals surface area contributed by atoms with Gasteiger partial charge in [-0.2, -0.15) is 9.57 Å². The van der Waals surface area contributed by atoms with Gasteiger partial charge in [0, 0.05) is 31.5 Å². The van der Waals surface area contributed by atoms with Crippen LogP contribution in [0, 0.1) is 11.3 Å². The maximum Gasteiger partial charge on any atom is 0.308 e. The molecule has 1 rings (SSSR count). The van der Waals surface area contributed by atoms with Gasteiger partial charge in [0.2, 0.25) is 0 Å². The number of methoxy groups -OCH3 is 1. The van der Waals surface area contributed by atoms with Crippen molar-refractivity contribution in [2.75, 3.05) is 26.8 Å². The Bertz CT molecular complexity index is 618. The van der Waals surface area contributed by atoms with E-state index >= 15 is 0 Å². The molecule has 1 heterocycles. The molecule has 0 radical (unpaired) electrons. The van der Waals surface area contributed by atoms with Gasteiger partial charge in [-0.25, -0.2) is 8.42 Å². The lowest BCUT2D eigenvalue weighted by molar-refractivity contribution is -0.136. The van der Waals surface area contributed by atoms with E-state index in [9.17, 15) is 13.2 Å². The summed E-state index contributed by atoms with van der Waals surface area (Å²) in [5.41, 5.74) is 0. The smallest absolute Gasteiger partial charge is 0.308 e. The van der Waals surface area contributed by atoms with Crippen LogP contribution >= 0.6 is 11.3 Å². The molecule has 0 saturated heterocycles. The Balaban J connectivity index is 2.95. The maximum absolute atomic E-state index is 12.5. The number of carboxylic acids is 1. The fourth-order valence-corrected chi connectivity index (χ4v) is 4.51. The van der Waals surface area contributed by atoms with Gasteiger partial charge in [0.1, 0.15) is 4.21 Å². The molecular weight excluding hydrogens is 316 g/mol. The van der Waals surface area contributed by atoms with Gasteiger partial charge in [0.25, 0.3) is 10.0 Å². The van der Waals surface area contributed by atoms with E-state index in [1.165, 1.54) is 23.5 Å². The molecule has 0 bridgehead atoms. The van der Waals surface area contributed by atoms with E-state index in [1.54, 1.807) is 0 Å². The highest BCUT2D eigenvalue weighted by atomic mass is 32.2. The summed E-state index contributed by atoms with van der Waals surface area (Å²) >= 11 is 0.929. The summed E-state index contributed by atoms with van der Waals surface area (Å²) in [6.07, 6.45) is -0.132. The first-order chi connectivity index (χ1) is 9.91. The Morgan fingerprint density at radius 2 is 2.19 bits per heavy atom. The second-order valence-electron chi connectivity index (χ2n) is 4.10. The first-order valence-electron chi connectivity index (χ1n) is 6.08. The molecule has 0 fully saturated rings. The van der Waals surface area contributed by atoms with E-state index in [1.807, 2.05) is 6.07 Å². The fraction of sp³-hybridized carbons (Fsp3) is 0.500. The van der Waals surface area contributed by atoms with E-state index < -0.39 is 16.0 Å². The number of thiophene rings is 1. The molecule has 0 amide bonds. The molecule has 1 aromatic rings. The number of hydrogen-bond donors (Lipinski definition) is 1. The average molecular weight is 332 g/mol. The number of carbonyl (C=O) groups is 1. The Kier molecular flexibility index (Phi) is 6.77. The minimum Gasteiger partial charge on any atom is -0.481 e. The molecule has 0 unspecified atom stereocenters. The van der Waals surface area contributed by atoms with Crippen LogP contribution in [0.2, 0.25) is 0 Å². The predicted molar refractivity (Wildman–Crippen MR) is 76.5 cm³/mol. The van der Waals surface area contributed by atoms with Crippen molar-refractivity contribution in [3.8, 4) is 6.07 Å². The summed E-state index contributed by atoms with van der Waals surface area (Å²) in [6, 6.07) is 4.79.